The Labute approximate surface area is 150 Å². The van der Waals surface area contributed by atoms with Crippen molar-refractivity contribution < 1.29 is 4.79 Å². The summed E-state index contributed by atoms with van der Waals surface area (Å²) in [5.41, 5.74) is 4.44. The number of aromatic amines is 1. The van der Waals surface area contributed by atoms with Crippen molar-refractivity contribution in [2.24, 2.45) is 0 Å². The lowest BCUT2D eigenvalue weighted by Crippen LogP contribution is -2.28. The number of benzene rings is 1. The summed E-state index contributed by atoms with van der Waals surface area (Å²) in [6.45, 7) is 2.04. The van der Waals surface area contributed by atoms with Crippen LogP contribution in [0.5, 0.6) is 0 Å². The van der Waals surface area contributed by atoms with Gasteiger partial charge in [0.25, 0.3) is 5.91 Å². The monoisotopic (exact) mass is 359 g/mol. The first-order chi connectivity index (χ1) is 11.8. The lowest BCUT2D eigenvalue weighted by molar-refractivity contribution is 0.0944. The smallest absolute Gasteiger partial charge is 0.272 e. The van der Waals surface area contributed by atoms with Gasteiger partial charge in [-0.2, -0.15) is 10.2 Å². The quantitative estimate of drug-likeness (QED) is 0.645. The van der Waals surface area contributed by atoms with Crippen LogP contribution in [0.1, 0.15) is 27.3 Å². The van der Waals surface area contributed by atoms with Gasteiger partial charge in [-0.1, -0.05) is 12.1 Å². The third-order valence-corrected chi connectivity index (χ3v) is 4.09. The first-order valence-corrected chi connectivity index (χ1v) is 7.80. The Hall–Kier alpha value is -2.71. The number of rotatable bonds is 4. The maximum atomic E-state index is 12.4. The number of nitrogens with zero attached hydrogens (tertiary/aromatic N) is 4. The molecule has 0 saturated carbocycles. The summed E-state index contributed by atoms with van der Waals surface area (Å²) < 4.78 is 1.69. The van der Waals surface area contributed by atoms with Gasteiger partial charge in [-0.25, -0.2) is 9.67 Å². The number of carbonyl (C=O) groups is 1. The van der Waals surface area contributed by atoms with E-state index in [9.17, 15) is 4.79 Å². The number of fused-ring (bicyclic) bond motifs is 1. The molecule has 3 aromatic rings. The largest absolute Gasteiger partial charge is 0.347 e. The van der Waals surface area contributed by atoms with E-state index in [1.807, 2.05) is 24.3 Å². The highest BCUT2D eigenvalue weighted by Gasteiger charge is 2.21. The fourth-order valence-corrected chi connectivity index (χ4v) is 2.79. The van der Waals surface area contributed by atoms with E-state index in [0.717, 1.165) is 35.5 Å². The fourth-order valence-electron chi connectivity index (χ4n) is 2.79. The predicted molar refractivity (Wildman–Crippen MR) is 93.8 cm³/mol. The van der Waals surface area contributed by atoms with Crippen LogP contribution in [0.25, 0.3) is 5.69 Å². The summed E-state index contributed by atoms with van der Waals surface area (Å²) in [6.07, 6.45) is 4.01. The number of halogens is 1. The minimum Gasteiger partial charge on any atom is -0.347 e. The summed E-state index contributed by atoms with van der Waals surface area (Å²) in [5.74, 6) is -0.156. The normalized spacial score (nSPS) is 13.0. The fraction of sp³-hybridized carbons (Fsp3) is 0.250. The molecule has 0 spiro atoms. The molecule has 2 aromatic heterocycles. The van der Waals surface area contributed by atoms with E-state index in [1.54, 1.807) is 11.0 Å². The second-order valence-electron chi connectivity index (χ2n) is 5.65. The first-order valence-electron chi connectivity index (χ1n) is 7.80. The van der Waals surface area contributed by atoms with E-state index < -0.39 is 0 Å². The van der Waals surface area contributed by atoms with Crippen molar-refractivity contribution in [1.29, 1.82) is 0 Å². The summed E-state index contributed by atoms with van der Waals surface area (Å²) in [5, 5.41) is 17.4. The van der Waals surface area contributed by atoms with Crippen LogP contribution in [0, 0.1) is 0 Å². The second-order valence-corrected chi connectivity index (χ2v) is 5.65. The van der Waals surface area contributed by atoms with Crippen molar-refractivity contribution in [3.05, 3.63) is 59.4 Å². The molecule has 25 heavy (non-hydrogen) atoms. The SMILES string of the molecule is Cl.O=C(NCc1ccc(-n2cncn2)cc1)c1n[nH]c2c1CNCC2. The van der Waals surface area contributed by atoms with Gasteiger partial charge in [-0.05, 0) is 17.7 Å². The number of H-pyrrole nitrogens is 1. The molecule has 0 saturated heterocycles. The number of amides is 1. The van der Waals surface area contributed by atoms with E-state index >= 15 is 0 Å². The van der Waals surface area contributed by atoms with Crippen LogP contribution < -0.4 is 10.6 Å². The lowest BCUT2D eigenvalue weighted by atomic mass is 10.1. The number of hydrogen-bond donors (Lipinski definition) is 3. The van der Waals surface area contributed by atoms with Gasteiger partial charge < -0.3 is 10.6 Å². The second kappa shape index (κ2) is 7.45. The van der Waals surface area contributed by atoms with Crippen LogP contribution in [0.3, 0.4) is 0 Å². The Morgan fingerprint density at radius 3 is 2.88 bits per heavy atom. The van der Waals surface area contributed by atoms with Crippen LogP contribution in [-0.2, 0) is 19.5 Å². The minimum absolute atomic E-state index is 0. The number of nitrogens with one attached hydrogen (secondary N) is 3. The Balaban J connectivity index is 0.00000182. The number of hydrogen-bond acceptors (Lipinski definition) is 5. The number of carbonyl (C=O) groups excluding carboxylic acids is 1. The van der Waals surface area contributed by atoms with Crippen LogP contribution in [0.4, 0.5) is 0 Å². The third-order valence-electron chi connectivity index (χ3n) is 4.09. The molecule has 9 heteroatoms. The molecule has 0 bridgehead atoms. The molecule has 1 aliphatic rings. The minimum atomic E-state index is -0.156. The predicted octanol–water partition coefficient (Wildman–Crippen LogP) is 0.988. The Kier molecular flexibility index (Phi) is 5.11. The van der Waals surface area contributed by atoms with Gasteiger partial charge in [0.1, 0.15) is 12.7 Å². The van der Waals surface area contributed by atoms with Crippen molar-refractivity contribution in [3.8, 4) is 5.69 Å². The van der Waals surface area contributed by atoms with Crippen LogP contribution in [-0.4, -0.2) is 37.4 Å². The van der Waals surface area contributed by atoms with Gasteiger partial charge in [0, 0.05) is 37.3 Å². The van der Waals surface area contributed by atoms with Gasteiger partial charge >= 0.3 is 0 Å². The van der Waals surface area contributed by atoms with Crippen LogP contribution >= 0.6 is 12.4 Å². The molecule has 1 aromatic carbocycles. The van der Waals surface area contributed by atoms with Gasteiger partial charge in [0.05, 0.1) is 5.69 Å². The molecule has 0 radical (unpaired) electrons. The number of aromatic nitrogens is 5. The molecule has 3 heterocycles. The molecule has 8 nitrogen and oxygen atoms in total. The summed E-state index contributed by atoms with van der Waals surface area (Å²) in [4.78, 5) is 16.3. The summed E-state index contributed by atoms with van der Waals surface area (Å²) in [6, 6.07) is 7.80. The third kappa shape index (κ3) is 3.54. The van der Waals surface area contributed by atoms with E-state index in [0.29, 0.717) is 18.8 Å². The van der Waals surface area contributed by atoms with Crippen molar-refractivity contribution in [3.63, 3.8) is 0 Å². The summed E-state index contributed by atoms with van der Waals surface area (Å²) >= 11 is 0. The summed E-state index contributed by atoms with van der Waals surface area (Å²) in [7, 11) is 0. The molecule has 1 amide bonds. The molecule has 1 aliphatic heterocycles. The highest BCUT2D eigenvalue weighted by Crippen LogP contribution is 2.15. The zero-order chi connectivity index (χ0) is 16.4. The van der Waals surface area contributed by atoms with Crippen molar-refractivity contribution in [2.45, 2.75) is 19.5 Å². The molecule has 130 valence electrons. The maximum Gasteiger partial charge on any atom is 0.272 e. The molecule has 0 fully saturated rings. The van der Waals surface area contributed by atoms with Crippen LogP contribution in [0.15, 0.2) is 36.9 Å². The molecular formula is C16H18ClN7O. The van der Waals surface area contributed by atoms with Crippen molar-refractivity contribution in [1.82, 2.24) is 35.6 Å². The zero-order valence-corrected chi connectivity index (χ0v) is 14.2. The first kappa shape index (κ1) is 17.1. The van der Waals surface area contributed by atoms with E-state index in [2.05, 4.69) is 30.9 Å². The molecule has 0 unspecified atom stereocenters. The van der Waals surface area contributed by atoms with Gasteiger partial charge in [-0.15, -0.1) is 12.4 Å². The van der Waals surface area contributed by atoms with Gasteiger partial charge in [0.15, 0.2) is 5.69 Å². The topological polar surface area (TPSA) is 101 Å². The standard InChI is InChI=1S/C16H17N7O.ClH/c24-16(15-13-8-17-6-5-14(13)21-22-15)19-7-11-1-3-12(4-2-11)23-10-18-9-20-23;/h1-4,9-10,17H,5-8H2,(H,19,24)(H,21,22);1H. The molecule has 0 atom stereocenters. The van der Waals surface area contributed by atoms with Crippen molar-refractivity contribution >= 4 is 18.3 Å². The maximum absolute atomic E-state index is 12.4. The Bertz CT molecular complexity index is 842. The highest BCUT2D eigenvalue weighted by atomic mass is 35.5. The van der Waals surface area contributed by atoms with Crippen LogP contribution in [0.2, 0.25) is 0 Å². The highest BCUT2D eigenvalue weighted by molar-refractivity contribution is 5.94. The lowest BCUT2D eigenvalue weighted by Gasteiger charge is -2.13. The molecule has 0 aliphatic carbocycles. The van der Waals surface area contributed by atoms with Crippen molar-refractivity contribution in [2.75, 3.05) is 6.54 Å². The Morgan fingerprint density at radius 2 is 2.12 bits per heavy atom. The molecular weight excluding hydrogens is 342 g/mol. The molecule has 3 N–H and O–H groups in total. The van der Waals surface area contributed by atoms with E-state index in [1.165, 1.54) is 6.33 Å². The average molecular weight is 360 g/mol. The van der Waals surface area contributed by atoms with E-state index in [4.69, 9.17) is 0 Å². The Morgan fingerprint density at radius 1 is 1.28 bits per heavy atom. The zero-order valence-electron chi connectivity index (χ0n) is 13.4. The average Bonchev–Trinajstić information content (AvgIpc) is 3.30. The van der Waals surface area contributed by atoms with Gasteiger partial charge in [0.2, 0.25) is 0 Å². The molecule has 4 rings (SSSR count). The van der Waals surface area contributed by atoms with E-state index in [-0.39, 0.29) is 18.3 Å². The van der Waals surface area contributed by atoms with Gasteiger partial charge in [-0.3, -0.25) is 9.89 Å².